The van der Waals surface area contributed by atoms with Crippen LogP contribution in [0.25, 0.3) is 0 Å². The predicted octanol–water partition coefficient (Wildman–Crippen LogP) is -0.390. The first-order valence-corrected chi connectivity index (χ1v) is 2.60. The van der Waals surface area contributed by atoms with Crippen LogP contribution in [0.15, 0.2) is 12.2 Å². The van der Waals surface area contributed by atoms with Crippen LogP contribution < -0.4 is 4.67 Å². The standard InChI is InChI=1S/C6H5NO2/c8-6(9)5-3-1-2-4-7-5/h1,3-4H,2H2/p+1. The van der Waals surface area contributed by atoms with Crippen LogP contribution in [0.5, 0.6) is 0 Å². The summed E-state index contributed by atoms with van der Waals surface area (Å²) < 4.78 is 3.63. The molecule has 0 radical (unpaired) electrons. The minimum atomic E-state index is -0.970. The van der Waals surface area contributed by atoms with Crippen molar-refractivity contribution in [3.63, 3.8) is 0 Å². The fraction of sp³-hybridized carbons (Fsp3) is 0.167. The molecule has 0 aliphatic carbocycles. The maximum Gasteiger partial charge on any atom is 0.419 e. The van der Waals surface area contributed by atoms with Gasteiger partial charge in [0.2, 0.25) is 0 Å². The Kier molecular flexibility index (Phi) is 1.47. The zero-order valence-electron chi connectivity index (χ0n) is 4.74. The first-order valence-electron chi connectivity index (χ1n) is 2.60. The second-order valence-corrected chi connectivity index (χ2v) is 1.64. The van der Waals surface area contributed by atoms with Gasteiger partial charge < -0.3 is 5.11 Å². The lowest BCUT2D eigenvalue weighted by Gasteiger charge is -1.79. The molecular weight excluding hydrogens is 118 g/mol. The smallest absolute Gasteiger partial charge is 0.419 e. The molecule has 0 amide bonds. The molecule has 0 aromatic rings. The summed E-state index contributed by atoms with van der Waals surface area (Å²) in [6, 6.07) is 0. The molecule has 0 unspecified atom stereocenters. The topological polar surface area (TPSA) is 51.4 Å². The van der Waals surface area contributed by atoms with E-state index in [-0.39, 0.29) is 5.71 Å². The lowest BCUT2D eigenvalue weighted by Crippen LogP contribution is -2.14. The Balaban J connectivity index is 2.92. The van der Waals surface area contributed by atoms with Gasteiger partial charge in [-0.15, -0.1) is 0 Å². The van der Waals surface area contributed by atoms with Gasteiger partial charge >= 0.3 is 11.7 Å². The Hall–Kier alpha value is -1.34. The molecule has 0 bridgehead atoms. The van der Waals surface area contributed by atoms with Gasteiger partial charge in [0.05, 0.1) is 6.42 Å². The largest absolute Gasteiger partial charge is 0.472 e. The summed E-state index contributed by atoms with van der Waals surface area (Å²) in [5.74, 6) is -0.970. The Labute approximate surface area is 52.1 Å². The van der Waals surface area contributed by atoms with E-state index in [1.165, 1.54) is 6.08 Å². The van der Waals surface area contributed by atoms with Gasteiger partial charge in [0.25, 0.3) is 6.21 Å². The van der Waals surface area contributed by atoms with Crippen LogP contribution in [-0.4, -0.2) is 23.0 Å². The summed E-state index contributed by atoms with van der Waals surface area (Å²) >= 11 is 0. The molecule has 0 saturated carbocycles. The van der Waals surface area contributed by atoms with E-state index in [2.05, 4.69) is 4.67 Å². The van der Waals surface area contributed by atoms with Crippen molar-refractivity contribution in [3.8, 4) is 0 Å². The van der Waals surface area contributed by atoms with Gasteiger partial charge in [-0.25, -0.2) is 4.79 Å². The van der Waals surface area contributed by atoms with Crippen molar-refractivity contribution >= 4 is 17.9 Å². The summed E-state index contributed by atoms with van der Waals surface area (Å²) in [5, 5.41) is 8.34. The van der Waals surface area contributed by atoms with Crippen molar-refractivity contribution in [1.82, 2.24) is 4.67 Å². The number of carbonyl (C=O) groups is 1. The van der Waals surface area contributed by atoms with E-state index in [0.29, 0.717) is 0 Å². The van der Waals surface area contributed by atoms with Crippen molar-refractivity contribution < 1.29 is 9.90 Å². The number of nitrogens with zero attached hydrogens (tertiary/aromatic N) is 1. The summed E-state index contributed by atoms with van der Waals surface area (Å²) in [6.07, 6.45) is 5.57. The molecule has 3 heteroatoms. The highest BCUT2D eigenvalue weighted by atomic mass is 16.4. The SMILES string of the molecule is O=C(O)C1=[N+]=CCC=C1. The molecule has 0 aromatic heterocycles. The van der Waals surface area contributed by atoms with Crippen molar-refractivity contribution in [2.75, 3.05) is 0 Å². The molecule has 0 atom stereocenters. The van der Waals surface area contributed by atoms with Crippen LogP contribution in [0.3, 0.4) is 0 Å². The quantitative estimate of drug-likeness (QED) is 0.484. The van der Waals surface area contributed by atoms with Crippen LogP contribution in [0, 0.1) is 0 Å². The van der Waals surface area contributed by atoms with Gasteiger partial charge in [-0.2, -0.15) is 0 Å². The summed E-state index contributed by atoms with van der Waals surface area (Å²) in [4.78, 5) is 10.2. The van der Waals surface area contributed by atoms with Gasteiger partial charge in [0.15, 0.2) is 0 Å². The van der Waals surface area contributed by atoms with Crippen molar-refractivity contribution in [3.05, 3.63) is 12.2 Å². The molecule has 0 fully saturated rings. The molecule has 9 heavy (non-hydrogen) atoms. The van der Waals surface area contributed by atoms with Gasteiger partial charge in [-0.05, 0) is 0 Å². The fourth-order valence-corrected chi connectivity index (χ4v) is 0.561. The van der Waals surface area contributed by atoms with E-state index in [1.54, 1.807) is 12.3 Å². The highest BCUT2D eigenvalue weighted by molar-refractivity contribution is 6.40. The minimum Gasteiger partial charge on any atom is -0.472 e. The van der Waals surface area contributed by atoms with Gasteiger partial charge in [-0.1, -0.05) is 10.7 Å². The molecule has 3 nitrogen and oxygen atoms in total. The molecule has 1 aliphatic rings. The van der Waals surface area contributed by atoms with Crippen LogP contribution in [0.2, 0.25) is 0 Å². The molecular formula is C6H6NO2+. The molecule has 1 heterocycles. The third-order valence-electron chi connectivity index (χ3n) is 0.967. The average molecular weight is 124 g/mol. The first-order chi connectivity index (χ1) is 4.30. The van der Waals surface area contributed by atoms with Crippen LogP contribution in [0.4, 0.5) is 0 Å². The lowest BCUT2D eigenvalue weighted by molar-refractivity contribution is -0.129. The van der Waals surface area contributed by atoms with E-state index < -0.39 is 5.97 Å². The molecule has 1 aliphatic heterocycles. The number of hydrogen-bond acceptors (Lipinski definition) is 1. The van der Waals surface area contributed by atoms with Crippen molar-refractivity contribution in [2.24, 2.45) is 0 Å². The average Bonchev–Trinajstić information content (AvgIpc) is 1.90. The Morgan fingerprint density at radius 1 is 1.78 bits per heavy atom. The second-order valence-electron chi connectivity index (χ2n) is 1.64. The highest BCUT2D eigenvalue weighted by Gasteiger charge is 2.16. The normalized spacial score (nSPS) is 15.3. The maximum atomic E-state index is 10.2. The van der Waals surface area contributed by atoms with Gasteiger partial charge in [0.1, 0.15) is 0 Å². The number of rotatable bonds is 1. The third kappa shape index (κ3) is 1.27. The minimum absolute atomic E-state index is 0.112. The van der Waals surface area contributed by atoms with Crippen molar-refractivity contribution in [2.45, 2.75) is 6.42 Å². The van der Waals surface area contributed by atoms with E-state index in [9.17, 15) is 4.79 Å². The third-order valence-corrected chi connectivity index (χ3v) is 0.967. The second kappa shape index (κ2) is 2.29. The molecule has 0 saturated heterocycles. The zero-order valence-corrected chi connectivity index (χ0v) is 4.74. The van der Waals surface area contributed by atoms with Crippen LogP contribution in [0.1, 0.15) is 6.42 Å². The molecule has 0 aromatic carbocycles. The predicted molar refractivity (Wildman–Crippen MR) is 34.6 cm³/mol. The summed E-state index contributed by atoms with van der Waals surface area (Å²) in [5.41, 5.74) is 0.112. The summed E-state index contributed by atoms with van der Waals surface area (Å²) in [7, 11) is 0. The fourth-order valence-electron chi connectivity index (χ4n) is 0.561. The molecule has 0 spiro atoms. The van der Waals surface area contributed by atoms with E-state index >= 15 is 0 Å². The summed E-state index contributed by atoms with van der Waals surface area (Å²) in [6.45, 7) is 0. The number of allylic oxidation sites excluding steroid dienone is 1. The van der Waals surface area contributed by atoms with Gasteiger partial charge in [0, 0.05) is 6.08 Å². The number of hydrogen-bond donors (Lipinski definition) is 1. The number of carboxylic acid groups (broad SMARTS) is 1. The Bertz CT molecular complexity index is 221. The monoisotopic (exact) mass is 124 g/mol. The van der Waals surface area contributed by atoms with Crippen LogP contribution >= 0.6 is 0 Å². The maximum absolute atomic E-state index is 10.2. The first kappa shape index (κ1) is 5.79. The Morgan fingerprint density at radius 2 is 2.56 bits per heavy atom. The number of carboxylic acids is 1. The number of aliphatic carboxylic acids is 1. The van der Waals surface area contributed by atoms with Gasteiger partial charge in [-0.3, -0.25) is 0 Å². The van der Waals surface area contributed by atoms with Crippen LogP contribution in [-0.2, 0) is 4.79 Å². The molecule has 1 N–H and O–H groups in total. The molecule has 1 rings (SSSR count). The van der Waals surface area contributed by atoms with E-state index in [4.69, 9.17) is 5.11 Å². The lowest BCUT2D eigenvalue weighted by atomic mass is 10.3. The van der Waals surface area contributed by atoms with Crippen molar-refractivity contribution in [1.29, 1.82) is 0 Å². The highest BCUT2D eigenvalue weighted by Crippen LogP contribution is 1.83. The van der Waals surface area contributed by atoms with E-state index in [0.717, 1.165) is 6.42 Å². The zero-order chi connectivity index (χ0) is 6.69. The Morgan fingerprint density at radius 3 is 2.89 bits per heavy atom. The molecule has 46 valence electrons. The van der Waals surface area contributed by atoms with E-state index in [1.807, 2.05) is 0 Å².